The summed E-state index contributed by atoms with van der Waals surface area (Å²) in [5, 5.41) is 3.85. The van der Waals surface area contributed by atoms with E-state index in [0.717, 1.165) is 18.5 Å². The summed E-state index contributed by atoms with van der Waals surface area (Å²) in [6.45, 7) is 1.06. The number of hydrogen-bond acceptors (Lipinski definition) is 3. The Morgan fingerprint density at radius 1 is 1.19 bits per heavy atom. The SMILES string of the molecule is C1=C(c2cnoc2)CC2CCCC1N2Cc1ccccc1. The summed E-state index contributed by atoms with van der Waals surface area (Å²) in [6, 6.07) is 12.0. The first-order valence-corrected chi connectivity index (χ1v) is 7.80. The lowest BCUT2D eigenvalue weighted by Crippen LogP contribution is -2.47. The van der Waals surface area contributed by atoms with Gasteiger partial charge >= 0.3 is 0 Å². The zero-order chi connectivity index (χ0) is 14.1. The highest BCUT2D eigenvalue weighted by atomic mass is 16.5. The third-order valence-electron chi connectivity index (χ3n) is 4.79. The van der Waals surface area contributed by atoms with Crippen LogP contribution in [-0.4, -0.2) is 22.1 Å². The summed E-state index contributed by atoms with van der Waals surface area (Å²) in [4.78, 5) is 2.68. The van der Waals surface area contributed by atoms with E-state index in [1.807, 2.05) is 6.20 Å². The third-order valence-corrected chi connectivity index (χ3v) is 4.79. The van der Waals surface area contributed by atoms with Crippen LogP contribution in [-0.2, 0) is 6.54 Å². The van der Waals surface area contributed by atoms with Gasteiger partial charge in [-0.25, -0.2) is 0 Å². The molecule has 3 heteroatoms. The first-order valence-electron chi connectivity index (χ1n) is 7.80. The molecule has 0 spiro atoms. The van der Waals surface area contributed by atoms with Gasteiger partial charge in [-0.05, 0) is 30.4 Å². The fraction of sp³-hybridized carbons (Fsp3) is 0.389. The molecule has 0 N–H and O–H groups in total. The van der Waals surface area contributed by atoms with Gasteiger partial charge in [-0.3, -0.25) is 4.90 Å². The van der Waals surface area contributed by atoms with E-state index < -0.39 is 0 Å². The molecule has 2 aromatic rings. The van der Waals surface area contributed by atoms with E-state index in [0.29, 0.717) is 12.1 Å². The smallest absolute Gasteiger partial charge is 0.131 e. The van der Waals surface area contributed by atoms with Crippen LogP contribution in [0.25, 0.3) is 5.57 Å². The molecular formula is C18H20N2O. The molecule has 4 rings (SSSR count). The van der Waals surface area contributed by atoms with Crippen LogP contribution in [0.4, 0.5) is 0 Å². The Hall–Kier alpha value is -1.87. The zero-order valence-electron chi connectivity index (χ0n) is 12.1. The minimum Gasteiger partial charge on any atom is -0.364 e. The van der Waals surface area contributed by atoms with Crippen LogP contribution in [0.5, 0.6) is 0 Å². The van der Waals surface area contributed by atoms with Crippen LogP contribution in [0.2, 0.25) is 0 Å². The van der Waals surface area contributed by atoms with Gasteiger partial charge < -0.3 is 4.52 Å². The maximum absolute atomic E-state index is 5.01. The van der Waals surface area contributed by atoms with Gasteiger partial charge in [0.2, 0.25) is 0 Å². The van der Waals surface area contributed by atoms with Crippen LogP contribution in [0.1, 0.15) is 36.8 Å². The molecule has 0 radical (unpaired) electrons. The molecule has 108 valence electrons. The Kier molecular flexibility index (Phi) is 3.36. The van der Waals surface area contributed by atoms with E-state index in [4.69, 9.17) is 4.52 Å². The Balaban J connectivity index is 1.59. The lowest BCUT2D eigenvalue weighted by atomic mass is 9.83. The molecule has 2 aliphatic heterocycles. The predicted octanol–water partition coefficient (Wildman–Crippen LogP) is 3.89. The molecule has 0 aliphatic carbocycles. The second kappa shape index (κ2) is 5.49. The van der Waals surface area contributed by atoms with Gasteiger partial charge in [0.15, 0.2) is 0 Å². The Morgan fingerprint density at radius 3 is 2.86 bits per heavy atom. The number of nitrogens with zero attached hydrogens (tertiary/aromatic N) is 2. The second-order valence-corrected chi connectivity index (χ2v) is 6.12. The van der Waals surface area contributed by atoms with Crippen molar-refractivity contribution in [3.63, 3.8) is 0 Å². The predicted molar refractivity (Wildman–Crippen MR) is 82.5 cm³/mol. The molecule has 21 heavy (non-hydrogen) atoms. The molecule has 1 fully saturated rings. The third kappa shape index (κ3) is 2.54. The topological polar surface area (TPSA) is 29.3 Å². The normalized spacial score (nSPS) is 25.6. The maximum atomic E-state index is 5.01. The number of hydrogen-bond donors (Lipinski definition) is 0. The van der Waals surface area contributed by atoms with Crippen LogP contribution in [0, 0.1) is 0 Å². The van der Waals surface area contributed by atoms with Gasteiger partial charge in [0.25, 0.3) is 0 Å². The van der Waals surface area contributed by atoms with Crippen LogP contribution >= 0.6 is 0 Å². The molecular weight excluding hydrogens is 260 g/mol. The van der Waals surface area contributed by atoms with Crippen molar-refractivity contribution in [2.75, 3.05) is 0 Å². The first kappa shape index (κ1) is 12.8. The van der Waals surface area contributed by atoms with Crippen molar-refractivity contribution in [3.05, 3.63) is 60.0 Å². The summed E-state index contributed by atoms with van der Waals surface area (Å²) in [5.74, 6) is 0. The van der Waals surface area contributed by atoms with Crippen LogP contribution < -0.4 is 0 Å². The quantitative estimate of drug-likeness (QED) is 0.854. The van der Waals surface area contributed by atoms with Crippen molar-refractivity contribution in [2.24, 2.45) is 0 Å². The minimum atomic E-state index is 0.558. The highest BCUT2D eigenvalue weighted by molar-refractivity contribution is 5.66. The second-order valence-electron chi connectivity index (χ2n) is 6.12. The van der Waals surface area contributed by atoms with Crippen molar-refractivity contribution >= 4 is 5.57 Å². The van der Waals surface area contributed by atoms with E-state index in [1.165, 1.54) is 30.4 Å². The Bertz CT molecular complexity index is 618. The number of piperidine rings is 1. The number of fused-ring (bicyclic) bond motifs is 2. The van der Waals surface area contributed by atoms with Crippen LogP contribution in [0.15, 0.2) is 53.4 Å². The first-order chi connectivity index (χ1) is 10.4. The molecule has 0 amide bonds. The van der Waals surface area contributed by atoms with Crippen LogP contribution in [0.3, 0.4) is 0 Å². The molecule has 0 saturated carbocycles. The lowest BCUT2D eigenvalue weighted by Gasteiger charge is -2.45. The molecule has 3 heterocycles. The minimum absolute atomic E-state index is 0.558. The Labute approximate surface area is 125 Å². The lowest BCUT2D eigenvalue weighted by molar-refractivity contribution is 0.0951. The van der Waals surface area contributed by atoms with Crippen molar-refractivity contribution in [1.82, 2.24) is 10.1 Å². The highest BCUT2D eigenvalue weighted by Crippen LogP contribution is 2.37. The molecule has 1 aromatic heterocycles. The highest BCUT2D eigenvalue weighted by Gasteiger charge is 2.34. The summed E-state index contributed by atoms with van der Waals surface area (Å²) in [6.07, 6.45) is 11.1. The fourth-order valence-corrected chi connectivity index (χ4v) is 3.74. The Morgan fingerprint density at radius 2 is 2.10 bits per heavy atom. The monoisotopic (exact) mass is 280 g/mol. The largest absolute Gasteiger partial charge is 0.364 e. The van der Waals surface area contributed by atoms with E-state index in [1.54, 1.807) is 6.26 Å². The van der Waals surface area contributed by atoms with Gasteiger partial charge in [-0.2, -0.15) is 0 Å². The average molecular weight is 280 g/mol. The zero-order valence-corrected chi connectivity index (χ0v) is 12.1. The number of aromatic nitrogens is 1. The molecule has 2 atom stereocenters. The molecule has 3 nitrogen and oxygen atoms in total. The standard InChI is InChI=1S/C18H20N2O/c1-2-5-14(6-3-1)12-20-17-7-4-8-18(20)10-15(9-17)16-11-19-21-13-16/h1-3,5-6,9,11,13,17-18H,4,7-8,10,12H2. The van der Waals surface area contributed by atoms with Crippen molar-refractivity contribution < 1.29 is 4.52 Å². The van der Waals surface area contributed by atoms with E-state index in [2.05, 4.69) is 46.5 Å². The van der Waals surface area contributed by atoms with Crippen molar-refractivity contribution in [3.8, 4) is 0 Å². The van der Waals surface area contributed by atoms with Gasteiger partial charge in [-0.1, -0.05) is 48.0 Å². The molecule has 2 bridgehead atoms. The number of benzene rings is 1. The van der Waals surface area contributed by atoms with Crippen molar-refractivity contribution in [1.29, 1.82) is 0 Å². The summed E-state index contributed by atoms with van der Waals surface area (Å²) in [5.41, 5.74) is 3.98. The van der Waals surface area contributed by atoms with Gasteiger partial charge in [0, 0.05) is 24.2 Å². The van der Waals surface area contributed by atoms with Gasteiger partial charge in [0.1, 0.15) is 6.26 Å². The number of rotatable bonds is 3. The molecule has 2 aliphatic rings. The average Bonchev–Trinajstić information content (AvgIpc) is 3.02. The van der Waals surface area contributed by atoms with Crippen molar-refractivity contribution in [2.45, 2.75) is 44.3 Å². The molecule has 2 unspecified atom stereocenters. The summed E-state index contributed by atoms with van der Waals surface area (Å²) in [7, 11) is 0. The van der Waals surface area contributed by atoms with E-state index >= 15 is 0 Å². The fourth-order valence-electron chi connectivity index (χ4n) is 3.74. The van der Waals surface area contributed by atoms with Gasteiger partial charge in [0.05, 0.1) is 6.20 Å². The summed E-state index contributed by atoms with van der Waals surface area (Å²) < 4.78 is 5.01. The van der Waals surface area contributed by atoms with E-state index in [-0.39, 0.29) is 0 Å². The van der Waals surface area contributed by atoms with E-state index in [9.17, 15) is 0 Å². The molecule has 1 saturated heterocycles. The maximum Gasteiger partial charge on any atom is 0.131 e. The van der Waals surface area contributed by atoms with Gasteiger partial charge in [-0.15, -0.1) is 0 Å². The summed E-state index contributed by atoms with van der Waals surface area (Å²) >= 11 is 0. The molecule has 1 aromatic carbocycles.